The second-order valence-electron chi connectivity index (χ2n) is 6.56. The second-order valence-corrected chi connectivity index (χ2v) is 6.56. The summed E-state index contributed by atoms with van der Waals surface area (Å²) in [6.07, 6.45) is 3.49. The SMILES string of the molecule is CCOc1ccc(CCNC(=NC)N2CCCC(C)C2)cc1OCC. The van der Waals surface area contributed by atoms with Crippen LogP contribution in [0.15, 0.2) is 23.2 Å². The molecule has 1 atom stereocenters. The lowest BCUT2D eigenvalue weighted by Gasteiger charge is -2.33. The molecule has 140 valence electrons. The highest BCUT2D eigenvalue weighted by atomic mass is 16.5. The first-order valence-electron chi connectivity index (χ1n) is 9.52. The van der Waals surface area contributed by atoms with Gasteiger partial charge in [-0.15, -0.1) is 0 Å². The summed E-state index contributed by atoms with van der Waals surface area (Å²) in [5.41, 5.74) is 1.24. The van der Waals surface area contributed by atoms with E-state index in [2.05, 4.69) is 34.3 Å². The van der Waals surface area contributed by atoms with Crippen molar-refractivity contribution in [3.05, 3.63) is 23.8 Å². The molecular formula is C20H33N3O2. The average Bonchev–Trinajstić information content (AvgIpc) is 2.61. The molecule has 1 fully saturated rings. The normalized spacial score (nSPS) is 18.2. The van der Waals surface area contributed by atoms with Crippen molar-refractivity contribution in [2.45, 2.75) is 40.0 Å². The topological polar surface area (TPSA) is 46.1 Å². The Morgan fingerprint density at radius 3 is 2.68 bits per heavy atom. The fourth-order valence-corrected chi connectivity index (χ4v) is 3.28. The van der Waals surface area contributed by atoms with Crippen LogP contribution < -0.4 is 14.8 Å². The molecule has 1 aliphatic heterocycles. The number of likely N-dealkylation sites (tertiary alicyclic amines) is 1. The summed E-state index contributed by atoms with van der Waals surface area (Å²) >= 11 is 0. The summed E-state index contributed by atoms with van der Waals surface area (Å²) in [6, 6.07) is 6.20. The molecule has 5 heteroatoms. The Morgan fingerprint density at radius 2 is 2.00 bits per heavy atom. The fourth-order valence-electron chi connectivity index (χ4n) is 3.28. The van der Waals surface area contributed by atoms with Crippen molar-refractivity contribution in [2.75, 3.05) is 39.9 Å². The van der Waals surface area contributed by atoms with Gasteiger partial charge in [0.2, 0.25) is 0 Å². The lowest BCUT2D eigenvalue weighted by Crippen LogP contribution is -2.46. The van der Waals surface area contributed by atoms with Crippen molar-refractivity contribution in [3.8, 4) is 11.5 Å². The number of hydrogen-bond acceptors (Lipinski definition) is 3. The first kappa shape index (κ1) is 19.4. The Balaban J connectivity index is 1.90. The molecule has 0 aliphatic carbocycles. The van der Waals surface area contributed by atoms with E-state index in [0.29, 0.717) is 13.2 Å². The number of guanidine groups is 1. The molecule has 1 aromatic carbocycles. The highest BCUT2D eigenvalue weighted by Gasteiger charge is 2.18. The van der Waals surface area contributed by atoms with E-state index >= 15 is 0 Å². The maximum Gasteiger partial charge on any atom is 0.193 e. The molecule has 1 aromatic rings. The minimum atomic E-state index is 0.640. The maximum absolute atomic E-state index is 5.71. The van der Waals surface area contributed by atoms with Crippen LogP contribution in [0.3, 0.4) is 0 Å². The minimum absolute atomic E-state index is 0.640. The van der Waals surface area contributed by atoms with Crippen molar-refractivity contribution >= 4 is 5.96 Å². The van der Waals surface area contributed by atoms with Crippen LogP contribution in [-0.4, -0.2) is 50.8 Å². The zero-order valence-corrected chi connectivity index (χ0v) is 16.2. The van der Waals surface area contributed by atoms with Gasteiger partial charge in [0.1, 0.15) is 0 Å². The average molecular weight is 348 g/mol. The minimum Gasteiger partial charge on any atom is -0.490 e. The number of nitrogens with one attached hydrogen (secondary N) is 1. The van der Waals surface area contributed by atoms with Crippen LogP contribution >= 0.6 is 0 Å². The third-order valence-corrected chi connectivity index (χ3v) is 4.47. The number of benzene rings is 1. The Hall–Kier alpha value is -1.91. The molecular weight excluding hydrogens is 314 g/mol. The van der Waals surface area contributed by atoms with Gasteiger partial charge in [-0.05, 0) is 56.7 Å². The highest BCUT2D eigenvalue weighted by Crippen LogP contribution is 2.28. The molecule has 1 aliphatic rings. The van der Waals surface area contributed by atoms with Gasteiger partial charge in [-0.25, -0.2) is 0 Å². The lowest BCUT2D eigenvalue weighted by molar-refractivity contribution is 0.266. The van der Waals surface area contributed by atoms with E-state index in [-0.39, 0.29) is 0 Å². The zero-order valence-electron chi connectivity index (χ0n) is 16.2. The first-order chi connectivity index (χ1) is 12.2. The van der Waals surface area contributed by atoms with Gasteiger partial charge in [0, 0.05) is 26.7 Å². The van der Waals surface area contributed by atoms with Crippen LogP contribution in [0.2, 0.25) is 0 Å². The van der Waals surface area contributed by atoms with Gasteiger partial charge in [0.05, 0.1) is 13.2 Å². The van der Waals surface area contributed by atoms with E-state index < -0.39 is 0 Å². The molecule has 0 spiro atoms. The van der Waals surface area contributed by atoms with Crippen LogP contribution in [-0.2, 0) is 6.42 Å². The predicted octanol–water partition coefficient (Wildman–Crippen LogP) is 3.33. The van der Waals surface area contributed by atoms with E-state index in [1.54, 1.807) is 0 Å². The first-order valence-corrected chi connectivity index (χ1v) is 9.52. The zero-order chi connectivity index (χ0) is 18.1. The van der Waals surface area contributed by atoms with Gasteiger partial charge in [-0.1, -0.05) is 13.0 Å². The van der Waals surface area contributed by atoms with Crippen LogP contribution in [0.5, 0.6) is 11.5 Å². The van der Waals surface area contributed by atoms with E-state index in [1.165, 1.54) is 18.4 Å². The van der Waals surface area contributed by atoms with Crippen molar-refractivity contribution in [2.24, 2.45) is 10.9 Å². The third-order valence-electron chi connectivity index (χ3n) is 4.47. The standard InChI is InChI=1S/C20H33N3O2/c1-5-24-18-10-9-17(14-19(18)25-6-2)11-12-22-20(21-4)23-13-7-8-16(3)15-23/h9-10,14,16H,5-8,11-13,15H2,1-4H3,(H,21,22). The Kier molecular flexibility index (Phi) is 7.89. The molecule has 1 saturated heterocycles. The van der Waals surface area contributed by atoms with Crippen molar-refractivity contribution < 1.29 is 9.47 Å². The molecule has 1 N–H and O–H groups in total. The molecule has 25 heavy (non-hydrogen) atoms. The Bertz CT molecular complexity index is 560. The third kappa shape index (κ3) is 5.83. The predicted molar refractivity (Wildman–Crippen MR) is 104 cm³/mol. The molecule has 0 aromatic heterocycles. The van der Waals surface area contributed by atoms with Crippen molar-refractivity contribution in [3.63, 3.8) is 0 Å². The van der Waals surface area contributed by atoms with Gasteiger partial charge in [0.25, 0.3) is 0 Å². The molecule has 1 unspecified atom stereocenters. The molecule has 2 rings (SSSR count). The number of aliphatic imine (C=N–C) groups is 1. The second kappa shape index (κ2) is 10.2. The molecule has 0 radical (unpaired) electrons. The van der Waals surface area contributed by atoms with Crippen LogP contribution in [0.1, 0.15) is 39.2 Å². The monoisotopic (exact) mass is 347 g/mol. The fraction of sp³-hybridized carbons (Fsp3) is 0.650. The molecule has 0 amide bonds. The maximum atomic E-state index is 5.71. The van der Waals surface area contributed by atoms with Crippen LogP contribution in [0.4, 0.5) is 0 Å². The van der Waals surface area contributed by atoms with Crippen molar-refractivity contribution in [1.29, 1.82) is 0 Å². The van der Waals surface area contributed by atoms with Crippen LogP contribution in [0.25, 0.3) is 0 Å². The smallest absolute Gasteiger partial charge is 0.193 e. The van der Waals surface area contributed by atoms with Gasteiger partial charge in [-0.3, -0.25) is 4.99 Å². The molecule has 0 bridgehead atoms. The number of piperidine rings is 1. The Labute approximate surface area is 152 Å². The van der Waals surface area contributed by atoms with Crippen LogP contribution in [0, 0.1) is 5.92 Å². The van der Waals surface area contributed by atoms with E-state index in [1.807, 2.05) is 27.0 Å². The van der Waals surface area contributed by atoms with Gasteiger partial charge >= 0.3 is 0 Å². The summed E-state index contributed by atoms with van der Waals surface area (Å²) in [6.45, 7) is 10.6. The molecule has 1 heterocycles. The largest absolute Gasteiger partial charge is 0.490 e. The number of nitrogens with zero attached hydrogens (tertiary/aromatic N) is 2. The summed E-state index contributed by atoms with van der Waals surface area (Å²) in [7, 11) is 1.87. The van der Waals surface area contributed by atoms with Gasteiger partial charge in [0.15, 0.2) is 17.5 Å². The number of ether oxygens (including phenoxy) is 2. The number of hydrogen-bond donors (Lipinski definition) is 1. The summed E-state index contributed by atoms with van der Waals surface area (Å²) in [5.74, 6) is 3.41. The van der Waals surface area contributed by atoms with E-state index in [0.717, 1.165) is 49.4 Å². The molecule has 0 saturated carbocycles. The number of rotatable bonds is 7. The quantitative estimate of drug-likeness (QED) is 0.607. The molecule has 5 nitrogen and oxygen atoms in total. The van der Waals surface area contributed by atoms with E-state index in [9.17, 15) is 0 Å². The summed E-state index contributed by atoms with van der Waals surface area (Å²) < 4.78 is 11.3. The van der Waals surface area contributed by atoms with Gasteiger partial charge in [-0.2, -0.15) is 0 Å². The summed E-state index contributed by atoms with van der Waals surface area (Å²) in [4.78, 5) is 6.82. The summed E-state index contributed by atoms with van der Waals surface area (Å²) in [5, 5.41) is 3.50. The van der Waals surface area contributed by atoms with Gasteiger partial charge < -0.3 is 19.7 Å². The Morgan fingerprint density at radius 1 is 1.24 bits per heavy atom. The lowest BCUT2D eigenvalue weighted by atomic mass is 10.0. The van der Waals surface area contributed by atoms with Crippen molar-refractivity contribution in [1.82, 2.24) is 10.2 Å². The van der Waals surface area contributed by atoms with E-state index in [4.69, 9.17) is 9.47 Å². The highest BCUT2D eigenvalue weighted by molar-refractivity contribution is 5.80.